The summed E-state index contributed by atoms with van der Waals surface area (Å²) in [7, 11) is -4.03. The van der Waals surface area contributed by atoms with Gasteiger partial charge >= 0.3 is 0 Å². The van der Waals surface area contributed by atoms with Crippen LogP contribution in [0, 0.1) is 0 Å². The van der Waals surface area contributed by atoms with Crippen LogP contribution in [0.15, 0.2) is 88.2 Å². The maximum Gasteiger partial charge on any atom is 0.264 e. The highest BCUT2D eigenvalue weighted by Gasteiger charge is 2.28. The fourth-order valence-electron chi connectivity index (χ4n) is 4.29. The summed E-state index contributed by atoms with van der Waals surface area (Å²) in [6, 6.07) is 21.6. The van der Waals surface area contributed by atoms with Crippen LogP contribution in [0.5, 0.6) is 0 Å². The van der Waals surface area contributed by atoms with Gasteiger partial charge in [0.05, 0.1) is 21.8 Å². The SMILES string of the molecule is O=C(CN(c1cccc(Br)c1)S(=O)(=O)c1ccccc1)Nc1ccccc1C(=O)NC1CCCCC1. The lowest BCUT2D eigenvalue weighted by atomic mass is 9.95. The number of carbonyl (C=O) groups excluding carboxylic acids is 2. The van der Waals surface area contributed by atoms with Gasteiger partial charge in [0.1, 0.15) is 6.54 Å². The molecule has 36 heavy (non-hydrogen) atoms. The smallest absolute Gasteiger partial charge is 0.264 e. The zero-order chi connectivity index (χ0) is 25.5. The molecule has 0 aliphatic heterocycles. The molecule has 9 heteroatoms. The van der Waals surface area contributed by atoms with Crippen molar-refractivity contribution in [2.24, 2.45) is 0 Å². The molecule has 7 nitrogen and oxygen atoms in total. The Balaban J connectivity index is 1.57. The Kier molecular flexibility index (Phi) is 8.43. The summed E-state index contributed by atoms with van der Waals surface area (Å²) < 4.78 is 28.7. The predicted octanol–water partition coefficient (Wildman–Crippen LogP) is 5.35. The van der Waals surface area contributed by atoms with Crippen LogP contribution in [-0.4, -0.2) is 32.8 Å². The third-order valence-electron chi connectivity index (χ3n) is 6.10. The minimum absolute atomic E-state index is 0.0741. The number of anilines is 2. The third-order valence-corrected chi connectivity index (χ3v) is 8.38. The fourth-order valence-corrected chi connectivity index (χ4v) is 6.11. The van der Waals surface area contributed by atoms with Crippen molar-refractivity contribution in [3.8, 4) is 0 Å². The van der Waals surface area contributed by atoms with E-state index in [2.05, 4.69) is 26.6 Å². The first kappa shape index (κ1) is 25.9. The van der Waals surface area contributed by atoms with E-state index in [1.165, 1.54) is 18.6 Å². The number of sulfonamides is 1. The maximum atomic E-state index is 13.5. The van der Waals surface area contributed by atoms with Crippen LogP contribution in [0.25, 0.3) is 0 Å². The molecule has 1 saturated carbocycles. The van der Waals surface area contributed by atoms with E-state index in [4.69, 9.17) is 0 Å². The van der Waals surface area contributed by atoms with E-state index >= 15 is 0 Å². The molecule has 2 N–H and O–H groups in total. The highest BCUT2D eigenvalue weighted by molar-refractivity contribution is 9.10. The molecule has 0 bridgehead atoms. The van der Waals surface area contributed by atoms with Gasteiger partial charge < -0.3 is 10.6 Å². The van der Waals surface area contributed by atoms with Crippen LogP contribution in [0.1, 0.15) is 42.5 Å². The number of amides is 2. The molecular weight excluding hydrogens is 542 g/mol. The molecule has 1 aliphatic carbocycles. The Morgan fingerprint density at radius 2 is 1.58 bits per heavy atom. The van der Waals surface area contributed by atoms with E-state index in [-0.39, 0.29) is 16.8 Å². The summed E-state index contributed by atoms with van der Waals surface area (Å²) in [6.07, 6.45) is 5.24. The van der Waals surface area contributed by atoms with Crippen molar-refractivity contribution >= 4 is 49.1 Å². The summed E-state index contributed by atoms with van der Waals surface area (Å²) >= 11 is 3.37. The topological polar surface area (TPSA) is 95.6 Å². The summed E-state index contributed by atoms with van der Waals surface area (Å²) in [5.41, 5.74) is 1.02. The van der Waals surface area contributed by atoms with Crippen molar-refractivity contribution in [1.29, 1.82) is 0 Å². The first-order valence-electron chi connectivity index (χ1n) is 11.9. The van der Waals surface area contributed by atoms with Crippen LogP contribution in [0.3, 0.4) is 0 Å². The van der Waals surface area contributed by atoms with Crippen molar-refractivity contribution < 1.29 is 18.0 Å². The molecule has 3 aromatic rings. The molecule has 0 saturated heterocycles. The van der Waals surface area contributed by atoms with Crippen LogP contribution in [0.4, 0.5) is 11.4 Å². The van der Waals surface area contributed by atoms with Gasteiger partial charge in [-0.25, -0.2) is 8.42 Å². The molecule has 0 heterocycles. The standard InChI is InChI=1S/C27H28BrN3O4S/c28-20-10-9-13-22(18-20)31(36(34,35)23-14-5-2-6-15-23)19-26(32)30-25-17-8-7-16-24(25)27(33)29-21-11-3-1-4-12-21/h2,5-10,13-18,21H,1,3-4,11-12,19H2,(H,29,33)(H,30,32). The van der Waals surface area contributed by atoms with E-state index in [0.29, 0.717) is 21.4 Å². The first-order valence-corrected chi connectivity index (χ1v) is 14.1. The van der Waals surface area contributed by atoms with E-state index in [1.807, 2.05) is 0 Å². The molecule has 3 aromatic carbocycles. The number of nitrogens with one attached hydrogen (secondary N) is 2. The quantitative estimate of drug-likeness (QED) is 0.382. The predicted molar refractivity (Wildman–Crippen MR) is 145 cm³/mol. The average molecular weight is 571 g/mol. The normalized spacial score (nSPS) is 14.1. The van der Waals surface area contributed by atoms with Gasteiger partial charge in [-0.3, -0.25) is 13.9 Å². The zero-order valence-corrected chi connectivity index (χ0v) is 22.1. The number of hydrogen-bond acceptors (Lipinski definition) is 4. The highest BCUT2D eigenvalue weighted by atomic mass is 79.9. The number of carbonyl (C=O) groups is 2. The number of nitrogens with zero attached hydrogens (tertiary/aromatic N) is 1. The molecule has 0 spiro atoms. The number of halogens is 1. The minimum Gasteiger partial charge on any atom is -0.349 e. The summed E-state index contributed by atoms with van der Waals surface area (Å²) in [5.74, 6) is -0.814. The van der Waals surface area contributed by atoms with Crippen LogP contribution in [0.2, 0.25) is 0 Å². The lowest BCUT2D eigenvalue weighted by molar-refractivity contribution is -0.114. The van der Waals surface area contributed by atoms with Crippen molar-refractivity contribution in [1.82, 2.24) is 5.32 Å². The summed E-state index contributed by atoms with van der Waals surface area (Å²) in [5, 5.41) is 5.82. The molecule has 0 aromatic heterocycles. The van der Waals surface area contributed by atoms with Crippen molar-refractivity contribution in [3.63, 3.8) is 0 Å². The molecule has 1 aliphatic rings. The second kappa shape index (κ2) is 11.7. The average Bonchev–Trinajstić information content (AvgIpc) is 2.88. The number of hydrogen-bond donors (Lipinski definition) is 2. The zero-order valence-electron chi connectivity index (χ0n) is 19.7. The van der Waals surface area contributed by atoms with E-state index in [1.54, 1.807) is 66.7 Å². The highest BCUT2D eigenvalue weighted by Crippen LogP contribution is 2.27. The molecule has 2 amide bonds. The van der Waals surface area contributed by atoms with Gasteiger partial charge in [0.2, 0.25) is 5.91 Å². The van der Waals surface area contributed by atoms with Crippen LogP contribution < -0.4 is 14.9 Å². The van der Waals surface area contributed by atoms with Gasteiger partial charge in [-0.2, -0.15) is 0 Å². The third kappa shape index (κ3) is 6.33. The van der Waals surface area contributed by atoms with Crippen molar-refractivity contribution in [3.05, 3.63) is 88.9 Å². The molecule has 0 atom stereocenters. The Bertz CT molecular complexity index is 1330. The Labute approximate surface area is 220 Å². The first-order chi connectivity index (χ1) is 17.3. The van der Waals surface area contributed by atoms with Crippen LogP contribution in [-0.2, 0) is 14.8 Å². The minimum atomic E-state index is -4.03. The van der Waals surface area contributed by atoms with E-state index < -0.39 is 22.5 Å². The fraction of sp³-hybridized carbons (Fsp3) is 0.259. The molecule has 0 unspecified atom stereocenters. The summed E-state index contributed by atoms with van der Waals surface area (Å²) in [4.78, 5) is 26.2. The van der Waals surface area contributed by atoms with E-state index in [0.717, 1.165) is 30.0 Å². The van der Waals surface area contributed by atoms with Gasteiger partial charge in [0, 0.05) is 10.5 Å². The molecule has 1 fully saturated rings. The van der Waals surface area contributed by atoms with E-state index in [9.17, 15) is 18.0 Å². The monoisotopic (exact) mass is 569 g/mol. The van der Waals surface area contributed by atoms with Crippen LogP contribution >= 0.6 is 15.9 Å². The molecular formula is C27H28BrN3O4S. The maximum absolute atomic E-state index is 13.5. The lowest BCUT2D eigenvalue weighted by Crippen LogP contribution is -2.39. The second-order valence-electron chi connectivity index (χ2n) is 8.71. The van der Waals surface area contributed by atoms with Gasteiger partial charge in [0.15, 0.2) is 0 Å². The van der Waals surface area contributed by atoms with Gasteiger partial charge in [-0.1, -0.05) is 71.6 Å². The Hall–Kier alpha value is -3.17. The Morgan fingerprint density at radius 1 is 0.889 bits per heavy atom. The summed E-state index contributed by atoms with van der Waals surface area (Å²) in [6.45, 7) is -0.466. The number of para-hydroxylation sites is 1. The molecule has 0 radical (unpaired) electrons. The van der Waals surface area contributed by atoms with Gasteiger partial charge in [-0.05, 0) is 55.3 Å². The number of benzene rings is 3. The lowest BCUT2D eigenvalue weighted by Gasteiger charge is -2.25. The number of rotatable bonds is 8. The largest absolute Gasteiger partial charge is 0.349 e. The van der Waals surface area contributed by atoms with Crippen molar-refractivity contribution in [2.45, 2.75) is 43.0 Å². The second-order valence-corrected chi connectivity index (χ2v) is 11.5. The van der Waals surface area contributed by atoms with Gasteiger partial charge in [-0.15, -0.1) is 0 Å². The van der Waals surface area contributed by atoms with Gasteiger partial charge in [0.25, 0.3) is 15.9 Å². The molecule has 4 rings (SSSR count). The Morgan fingerprint density at radius 3 is 2.31 bits per heavy atom. The van der Waals surface area contributed by atoms with Crippen molar-refractivity contribution in [2.75, 3.05) is 16.2 Å². The molecule has 188 valence electrons.